The summed E-state index contributed by atoms with van der Waals surface area (Å²) in [5.74, 6) is 0. The Bertz CT molecular complexity index is 762. The SMILES string of the molecule is Cc1ccc(C=O)cc1-c1ccc2ncccc2c1. The van der Waals surface area contributed by atoms with Crippen molar-refractivity contribution in [2.45, 2.75) is 6.92 Å². The third-order valence-electron chi connectivity index (χ3n) is 3.31. The van der Waals surface area contributed by atoms with Crippen molar-refractivity contribution in [3.05, 3.63) is 65.9 Å². The number of aryl methyl sites for hydroxylation is 1. The van der Waals surface area contributed by atoms with Crippen LogP contribution in [-0.4, -0.2) is 11.3 Å². The Labute approximate surface area is 111 Å². The molecule has 92 valence electrons. The predicted octanol–water partition coefficient (Wildman–Crippen LogP) is 4.02. The highest BCUT2D eigenvalue weighted by Crippen LogP contribution is 2.27. The van der Waals surface area contributed by atoms with Crippen molar-refractivity contribution >= 4 is 17.2 Å². The number of aldehydes is 1. The third kappa shape index (κ3) is 2.13. The smallest absolute Gasteiger partial charge is 0.150 e. The zero-order valence-electron chi connectivity index (χ0n) is 10.6. The van der Waals surface area contributed by atoms with Crippen molar-refractivity contribution in [2.24, 2.45) is 0 Å². The summed E-state index contributed by atoms with van der Waals surface area (Å²) in [6.07, 6.45) is 2.67. The first kappa shape index (κ1) is 11.6. The number of benzene rings is 2. The number of hydrogen-bond donors (Lipinski definition) is 0. The molecule has 3 aromatic rings. The lowest BCUT2D eigenvalue weighted by atomic mass is 9.97. The van der Waals surface area contributed by atoms with E-state index < -0.39 is 0 Å². The molecule has 0 aliphatic heterocycles. The molecule has 2 heteroatoms. The minimum absolute atomic E-state index is 0.701. The first-order valence-electron chi connectivity index (χ1n) is 6.19. The van der Waals surface area contributed by atoms with Gasteiger partial charge in [-0.15, -0.1) is 0 Å². The number of nitrogens with zero attached hydrogens (tertiary/aromatic N) is 1. The Kier molecular flexibility index (Phi) is 2.84. The average Bonchev–Trinajstić information content (AvgIpc) is 2.47. The van der Waals surface area contributed by atoms with E-state index in [0.29, 0.717) is 5.56 Å². The van der Waals surface area contributed by atoms with Crippen LogP contribution in [0.3, 0.4) is 0 Å². The van der Waals surface area contributed by atoms with Crippen molar-refractivity contribution in [3.63, 3.8) is 0 Å². The van der Waals surface area contributed by atoms with Crippen molar-refractivity contribution in [1.29, 1.82) is 0 Å². The van der Waals surface area contributed by atoms with E-state index in [2.05, 4.69) is 18.0 Å². The fourth-order valence-corrected chi connectivity index (χ4v) is 2.27. The van der Waals surface area contributed by atoms with E-state index in [9.17, 15) is 4.79 Å². The molecule has 1 aromatic heterocycles. The van der Waals surface area contributed by atoms with Gasteiger partial charge in [-0.1, -0.05) is 24.3 Å². The van der Waals surface area contributed by atoms with Gasteiger partial charge in [-0.25, -0.2) is 0 Å². The number of hydrogen-bond acceptors (Lipinski definition) is 2. The van der Waals surface area contributed by atoms with Crippen molar-refractivity contribution in [1.82, 2.24) is 4.98 Å². The molecule has 0 atom stereocenters. The minimum Gasteiger partial charge on any atom is -0.298 e. The van der Waals surface area contributed by atoms with Gasteiger partial charge in [0.15, 0.2) is 0 Å². The van der Waals surface area contributed by atoms with E-state index in [-0.39, 0.29) is 0 Å². The van der Waals surface area contributed by atoms with Gasteiger partial charge < -0.3 is 0 Å². The van der Waals surface area contributed by atoms with Crippen LogP contribution in [0.4, 0.5) is 0 Å². The predicted molar refractivity (Wildman–Crippen MR) is 77.3 cm³/mol. The summed E-state index contributed by atoms with van der Waals surface area (Å²) in [5, 5.41) is 1.11. The molecule has 19 heavy (non-hydrogen) atoms. The summed E-state index contributed by atoms with van der Waals surface area (Å²) >= 11 is 0. The molecule has 0 saturated carbocycles. The van der Waals surface area contributed by atoms with Crippen LogP contribution in [0.2, 0.25) is 0 Å². The largest absolute Gasteiger partial charge is 0.298 e. The first-order valence-corrected chi connectivity index (χ1v) is 6.19. The summed E-state index contributed by atoms with van der Waals surface area (Å²) in [6, 6.07) is 15.9. The molecule has 0 unspecified atom stereocenters. The fraction of sp³-hybridized carbons (Fsp3) is 0.0588. The van der Waals surface area contributed by atoms with Crippen LogP contribution in [0, 0.1) is 6.92 Å². The lowest BCUT2D eigenvalue weighted by Crippen LogP contribution is -1.88. The molecule has 0 aliphatic rings. The molecule has 0 radical (unpaired) electrons. The van der Waals surface area contributed by atoms with Gasteiger partial charge in [-0.05, 0) is 47.9 Å². The monoisotopic (exact) mass is 247 g/mol. The van der Waals surface area contributed by atoms with Gasteiger partial charge in [0.2, 0.25) is 0 Å². The van der Waals surface area contributed by atoms with Gasteiger partial charge in [0.05, 0.1) is 5.52 Å². The molecule has 2 nitrogen and oxygen atoms in total. The van der Waals surface area contributed by atoms with Gasteiger partial charge in [0.25, 0.3) is 0 Å². The van der Waals surface area contributed by atoms with Crippen LogP contribution >= 0.6 is 0 Å². The Balaban J connectivity index is 2.21. The number of carbonyl (C=O) groups is 1. The fourth-order valence-electron chi connectivity index (χ4n) is 2.27. The van der Waals surface area contributed by atoms with Gasteiger partial charge >= 0.3 is 0 Å². The number of carbonyl (C=O) groups excluding carboxylic acids is 1. The van der Waals surface area contributed by atoms with E-state index in [0.717, 1.165) is 33.9 Å². The summed E-state index contributed by atoms with van der Waals surface area (Å²) in [5.41, 5.74) is 5.05. The maximum Gasteiger partial charge on any atom is 0.150 e. The highest BCUT2D eigenvalue weighted by Gasteiger charge is 2.04. The van der Waals surface area contributed by atoms with Crippen molar-refractivity contribution in [2.75, 3.05) is 0 Å². The zero-order chi connectivity index (χ0) is 13.2. The number of fused-ring (bicyclic) bond motifs is 1. The Morgan fingerprint density at radius 1 is 1.05 bits per heavy atom. The van der Waals surface area contributed by atoms with Gasteiger partial charge in [0, 0.05) is 17.1 Å². The maximum atomic E-state index is 10.9. The Morgan fingerprint density at radius 2 is 1.95 bits per heavy atom. The molecule has 0 bridgehead atoms. The summed E-state index contributed by atoms with van der Waals surface area (Å²) in [6.45, 7) is 2.05. The lowest BCUT2D eigenvalue weighted by molar-refractivity contribution is 0.112. The van der Waals surface area contributed by atoms with Crippen LogP contribution in [0.5, 0.6) is 0 Å². The second kappa shape index (κ2) is 4.65. The number of pyridine rings is 1. The first-order chi connectivity index (χ1) is 9.28. The average molecular weight is 247 g/mol. The van der Waals surface area contributed by atoms with E-state index in [1.807, 2.05) is 42.5 Å². The molecule has 0 aliphatic carbocycles. The molecule has 0 amide bonds. The Morgan fingerprint density at radius 3 is 2.79 bits per heavy atom. The van der Waals surface area contributed by atoms with E-state index in [1.165, 1.54) is 0 Å². The van der Waals surface area contributed by atoms with Crippen LogP contribution < -0.4 is 0 Å². The van der Waals surface area contributed by atoms with Crippen molar-refractivity contribution in [3.8, 4) is 11.1 Å². The number of aromatic nitrogens is 1. The van der Waals surface area contributed by atoms with E-state index >= 15 is 0 Å². The van der Waals surface area contributed by atoms with Gasteiger partial charge in [0.1, 0.15) is 6.29 Å². The minimum atomic E-state index is 0.701. The molecular formula is C17H13NO. The standard InChI is InChI=1S/C17H13NO/c1-12-4-5-13(11-19)9-16(12)14-6-7-17-15(10-14)3-2-8-18-17/h2-11H,1H3. The normalized spacial score (nSPS) is 10.6. The van der Waals surface area contributed by atoms with Gasteiger partial charge in [-0.3, -0.25) is 9.78 Å². The second-order valence-electron chi connectivity index (χ2n) is 4.60. The Hall–Kier alpha value is -2.48. The topological polar surface area (TPSA) is 30.0 Å². The summed E-state index contributed by atoms with van der Waals surface area (Å²) < 4.78 is 0. The highest BCUT2D eigenvalue weighted by molar-refractivity contribution is 5.86. The van der Waals surface area contributed by atoms with E-state index in [1.54, 1.807) is 6.20 Å². The van der Waals surface area contributed by atoms with Crippen LogP contribution in [-0.2, 0) is 0 Å². The lowest BCUT2D eigenvalue weighted by Gasteiger charge is -2.08. The maximum absolute atomic E-state index is 10.9. The summed E-state index contributed by atoms with van der Waals surface area (Å²) in [4.78, 5) is 15.2. The molecule has 0 saturated heterocycles. The van der Waals surface area contributed by atoms with Gasteiger partial charge in [-0.2, -0.15) is 0 Å². The second-order valence-corrected chi connectivity index (χ2v) is 4.60. The summed E-state index contributed by atoms with van der Waals surface area (Å²) in [7, 11) is 0. The van der Waals surface area contributed by atoms with Crippen molar-refractivity contribution < 1.29 is 4.79 Å². The number of rotatable bonds is 2. The molecule has 1 heterocycles. The molecular weight excluding hydrogens is 234 g/mol. The molecule has 0 N–H and O–H groups in total. The molecule has 3 rings (SSSR count). The van der Waals surface area contributed by atoms with Crippen LogP contribution in [0.15, 0.2) is 54.7 Å². The quantitative estimate of drug-likeness (QED) is 0.640. The zero-order valence-corrected chi connectivity index (χ0v) is 10.6. The highest BCUT2D eigenvalue weighted by atomic mass is 16.1. The molecule has 0 fully saturated rings. The molecule has 0 spiro atoms. The van der Waals surface area contributed by atoms with Crippen LogP contribution in [0.1, 0.15) is 15.9 Å². The van der Waals surface area contributed by atoms with E-state index in [4.69, 9.17) is 0 Å². The molecule has 2 aromatic carbocycles. The van der Waals surface area contributed by atoms with Crippen LogP contribution in [0.25, 0.3) is 22.0 Å². The third-order valence-corrected chi connectivity index (χ3v) is 3.31.